The van der Waals surface area contributed by atoms with Crippen LogP contribution in [0.5, 0.6) is 0 Å². The van der Waals surface area contributed by atoms with Crippen molar-refractivity contribution in [3.63, 3.8) is 0 Å². The van der Waals surface area contributed by atoms with E-state index in [0.717, 1.165) is 24.6 Å². The molecule has 0 unspecified atom stereocenters. The maximum absolute atomic E-state index is 10.6. The summed E-state index contributed by atoms with van der Waals surface area (Å²) in [7, 11) is 0. The molecule has 0 aromatic heterocycles. The Labute approximate surface area is 119 Å². The van der Waals surface area contributed by atoms with Gasteiger partial charge in [0.2, 0.25) is 0 Å². The van der Waals surface area contributed by atoms with Crippen molar-refractivity contribution in [2.75, 3.05) is 13.1 Å². The van der Waals surface area contributed by atoms with Crippen LogP contribution in [0.4, 0.5) is 5.69 Å². The number of nitro benzene ring substituents is 1. The van der Waals surface area contributed by atoms with Crippen molar-refractivity contribution in [3.8, 4) is 0 Å². The van der Waals surface area contributed by atoms with Crippen LogP contribution in [0.3, 0.4) is 0 Å². The van der Waals surface area contributed by atoms with Crippen molar-refractivity contribution in [1.82, 2.24) is 10.6 Å². The molecular formula is C14H22N4O2. The number of guanidine groups is 1. The number of nitrogens with zero attached hydrogens (tertiary/aromatic N) is 2. The zero-order valence-electron chi connectivity index (χ0n) is 12.2. The van der Waals surface area contributed by atoms with Gasteiger partial charge in [-0.15, -0.1) is 0 Å². The van der Waals surface area contributed by atoms with E-state index >= 15 is 0 Å². The summed E-state index contributed by atoms with van der Waals surface area (Å²) in [4.78, 5) is 14.6. The van der Waals surface area contributed by atoms with Crippen LogP contribution in [0.2, 0.25) is 0 Å². The molecule has 1 aromatic carbocycles. The van der Waals surface area contributed by atoms with E-state index in [1.54, 1.807) is 12.1 Å². The molecule has 0 aliphatic carbocycles. The smallest absolute Gasteiger partial charge is 0.269 e. The summed E-state index contributed by atoms with van der Waals surface area (Å²) in [6.45, 7) is 8.42. The Morgan fingerprint density at radius 2 is 1.95 bits per heavy atom. The molecule has 110 valence electrons. The Morgan fingerprint density at radius 3 is 2.45 bits per heavy atom. The third-order valence-corrected chi connectivity index (χ3v) is 2.59. The summed E-state index contributed by atoms with van der Waals surface area (Å²) < 4.78 is 0. The number of nitrogens with one attached hydrogen (secondary N) is 2. The Balaban J connectivity index is 2.63. The van der Waals surface area contributed by atoms with Crippen LogP contribution in [0.15, 0.2) is 29.3 Å². The molecule has 1 aromatic rings. The van der Waals surface area contributed by atoms with E-state index in [-0.39, 0.29) is 5.69 Å². The summed E-state index contributed by atoms with van der Waals surface area (Å²) in [5, 5.41) is 17.0. The van der Waals surface area contributed by atoms with Crippen molar-refractivity contribution < 1.29 is 4.92 Å². The molecular weight excluding hydrogens is 256 g/mol. The second-order valence-corrected chi connectivity index (χ2v) is 4.89. The van der Waals surface area contributed by atoms with E-state index in [4.69, 9.17) is 0 Å². The van der Waals surface area contributed by atoms with E-state index in [0.29, 0.717) is 12.5 Å². The predicted octanol–water partition coefficient (Wildman–Crippen LogP) is 2.31. The molecule has 0 fully saturated rings. The van der Waals surface area contributed by atoms with E-state index in [2.05, 4.69) is 29.5 Å². The molecule has 0 heterocycles. The van der Waals surface area contributed by atoms with Gasteiger partial charge in [0.15, 0.2) is 5.96 Å². The third-order valence-electron chi connectivity index (χ3n) is 2.59. The molecule has 0 aliphatic rings. The minimum absolute atomic E-state index is 0.0996. The van der Waals surface area contributed by atoms with Crippen LogP contribution in [-0.2, 0) is 6.54 Å². The van der Waals surface area contributed by atoms with Crippen molar-refractivity contribution in [1.29, 1.82) is 0 Å². The number of aliphatic imine (C=N–C) groups is 1. The largest absolute Gasteiger partial charge is 0.357 e. The highest BCUT2D eigenvalue weighted by Crippen LogP contribution is 2.12. The summed E-state index contributed by atoms with van der Waals surface area (Å²) in [6.07, 6.45) is 0. The lowest BCUT2D eigenvalue weighted by molar-refractivity contribution is -0.384. The summed E-state index contributed by atoms with van der Waals surface area (Å²) in [5.74, 6) is 1.30. The molecule has 6 nitrogen and oxygen atoms in total. The first-order valence-corrected chi connectivity index (χ1v) is 6.78. The van der Waals surface area contributed by atoms with Gasteiger partial charge in [-0.05, 0) is 18.4 Å². The lowest BCUT2D eigenvalue weighted by Gasteiger charge is -2.12. The van der Waals surface area contributed by atoms with E-state index in [1.165, 1.54) is 12.1 Å². The van der Waals surface area contributed by atoms with Gasteiger partial charge in [0, 0.05) is 25.2 Å². The third kappa shape index (κ3) is 5.69. The minimum Gasteiger partial charge on any atom is -0.357 e. The van der Waals surface area contributed by atoms with Crippen LogP contribution in [0, 0.1) is 16.0 Å². The number of hydrogen-bond acceptors (Lipinski definition) is 3. The standard InChI is InChI=1S/C14H22N4O2/c1-4-15-14(16-9-11(2)3)17-10-12-5-7-13(8-6-12)18(19)20/h5-8,11H,4,9-10H2,1-3H3,(H2,15,16,17). The second kappa shape index (κ2) is 8.14. The Morgan fingerprint density at radius 1 is 1.30 bits per heavy atom. The molecule has 0 atom stereocenters. The molecule has 6 heteroatoms. The van der Waals surface area contributed by atoms with Gasteiger partial charge < -0.3 is 10.6 Å². The van der Waals surface area contributed by atoms with Gasteiger partial charge in [-0.25, -0.2) is 4.99 Å². The number of nitro groups is 1. The summed E-state index contributed by atoms with van der Waals surface area (Å²) >= 11 is 0. The Bertz CT molecular complexity index is 455. The Hall–Kier alpha value is -2.11. The van der Waals surface area contributed by atoms with Crippen molar-refractivity contribution in [2.45, 2.75) is 27.3 Å². The van der Waals surface area contributed by atoms with Crippen LogP contribution < -0.4 is 10.6 Å². The normalized spacial score (nSPS) is 11.5. The number of benzene rings is 1. The number of rotatable bonds is 6. The zero-order chi connectivity index (χ0) is 15.0. The molecule has 1 rings (SSSR count). The fraction of sp³-hybridized carbons (Fsp3) is 0.500. The van der Waals surface area contributed by atoms with E-state index < -0.39 is 4.92 Å². The molecule has 20 heavy (non-hydrogen) atoms. The van der Waals surface area contributed by atoms with Crippen LogP contribution >= 0.6 is 0 Å². The molecule has 0 saturated heterocycles. The lowest BCUT2D eigenvalue weighted by atomic mass is 10.2. The number of hydrogen-bond donors (Lipinski definition) is 2. The van der Waals surface area contributed by atoms with Crippen molar-refractivity contribution in [3.05, 3.63) is 39.9 Å². The lowest BCUT2D eigenvalue weighted by Crippen LogP contribution is -2.39. The van der Waals surface area contributed by atoms with Crippen LogP contribution in [0.25, 0.3) is 0 Å². The van der Waals surface area contributed by atoms with Gasteiger partial charge in [0.1, 0.15) is 0 Å². The van der Waals surface area contributed by atoms with Gasteiger partial charge >= 0.3 is 0 Å². The molecule has 0 amide bonds. The molecule has 0 saturated carbocycles. The van der Waals surface area contributed by atoms with Gasteiger partial charge in [-0.2, -0.15) is 0 Å². The van der Waals surface area contributed by atoms with Gasteiger partial charge in [-0.1, -0.05) is 26.0 Å². The van der Waals surface area contributed by atoms with Gasteiger partial charge in [-0.3, -0.25) is 10.1 Å². The number of non-ortho nitro benzene ring substituents is 1. The average Bonchev–Trinajstić information content (AvgIpc) is 2.42. The van der Waals surface area contributed by atoms with Crippen molar-refractivity contribution >= 4 is 11.6 Å². The predicted molar refractivity (Wildman–Crippen MR) is 80.8 cm³/mol. The monoisotopic (exact) mass is 278 g/mol. The topological polar surface area (TPSA) is 79.6 Å². The highest BCUT2D eigenvalue weighted by atomic mass is 16.6. The first kappa shape index (κ1) is 15.9. The minimum atomic E-state index is -0.401. The van der Waals surface area contributed by atoms with Crippen LogP contribution in [0.1, 0.15) is 26.3 Å². The SMILES string of the molecule is CCNC(=NCc1ccc([N+](=O)[O-])cc1)NCC(C)C. The molecule has 0 bridgehead atoms. The fourth-order valence-electron chi connectivity index (χ4n) is 1.54. The van der Waals surface area contributed by atoms with E-state index in [9.17, 15) is 10.1 Å². The molecule has 0 aliphatic heterocycles. The maximum Gasteiger partial charge on any atom is 0.269 e. The summed E-state index contributed by atoms with van der Waals surface area (Å²) in [6, 6.07) is 6.46. The van der Waals surface area contributed by atoms with Crippen LogP contribution in [-0.4, -0.2) is 24.0 Å². The average molecular weight is 278 g/mol. The first-order chi connectivity index (χ1) is 9.52. The first-order valence-electron chi connectivity index (χ1n) is 6.78. The molecule has 0 radical (unpaired) electrons. The van der Waals surface area contributed by atoms with Gasteiger partial charge in [0.25, 0.3) is 5.69 Å². The second-order valence-electron chi connectivity index (χ2n) is 4.89. The summed E-state index contributed by atoms with van der Waals surface area (Å²) in [5.41, 5.74) is 1.04. The quantitative estimate of drug-likeness (QED) is 0.362. The van der Waals surface area contributed by atoms with Crippen molar-refractivity contribution in [2.24, 2.45) is 10.9 Å². The molecule has 0 spiro atoms. The Kier molecular flexibility index (Phi) is 6.49. The molecule has 2 N–H and O–H groups in total. The highest BCUT2D eigenvalue weighted by molar-refractivity contribution is 5.79. The zero-order valence-corrected chi connectivity index (χ0v) is 12.2. The fourth-order valence-corrected chi connectivity index (χ4v) is 1.54. The maximum atomic E-state index is 10.6. The van der Waals surface area contributed by atoms with Gasteiger partial charge in [0.05, 0.1) is 11.5 Å². The van der Waals surface area contributed by atoms with E-state index in [1.807, 2.05) is 6.92 Å². The highest BCUT2D eigenvalue weighted by Gasteiger charge is 2.04.